The normalized spacial score (nSPS) is 13.1. The number of rotatable bonds is 15. The fraction of sp³-hybridized carbons (Fsp3) is 0.362. The van der Waals surface area contributed by atoms with Gasteiger partial charge in [0.1, 0.15) is 11.4 Å². The fourth-order valence-corrected chi connectivity index (χ4v) is 7.44. The maximum absolute atomic E-state index is 13.9. The monoisotopic (exact) mass is 785 g/mol. The Kier molecular flexibility index (Phi) is 13.7. The molecule has 1 saturated carbocycles. The van der Waals surface area contributed by atoms with Crippen LogP contribution in [0, 0.1) is 0 Å². The van der Waals surface area contributed by atoms with E-state index in [1.54, 1.807) is 30.1 Å². The lowest BCUT2D eigenvalue weighted by atomic mass is 10.0. The molecule has 5 aromatic rings. The number of hydrogen-bond acceptors (Lipinski definition) is 7. The zero-order chi connectivity index (χ0) is 41.2. The number of aryl methyl sites for hydroxylation is 2. The Morgan fingerprint density at radius 2 is 1.43 bits per heavy atom. The number of benzene rings is 4. The molecule has 0 spiro atoms. The van der Waals surface area contributed by atoms with Crippen LogP contribution in [0.15, 0.2) is 97.1 Å². The number of nitrogens with one attached hydrogen (secondary N) is 3. The number of aromatic amines is 1. The standard InChI is InChI=1S/C47H55N5O6/c1-47(2,3)58-46(56)51(4)28-29-52(38-16-6-7-17-38)31-34-14-11-15-36(30-34)43(53)50-42-41(39-18-8-9-19-40(39)49-42)44(54)48-37-26-22-33(23-27-37)13-10-12-32-20-24-35(25-21-32)45(55)57-5/h8-9,11,14-15,18-27,30,38,49H,6-7,10,12-13,16-17,28-29,31H2,1-5H3,(H,48,54)(H,50,53). The van der Waals surface area contributed by atoms with Crippen LogP contribution >= 0.6 is 0 Å². The van der Waals surface area contributed by atoms with Gasteiger partial charge in [0.25, 0.3) is 11.8 Å². The average Bonchev–Trinajstić information content (AvgIpc) is 3.88. The second-order valence-electron chi connectivity index (χ2n) is 16.1. The predicted octanol–water partition coefficient (Wildman–Crippen LogP) is 9.25. The molecule has 0 unspecified atom stereocenters. The van der Waals surface area contributed by atoms with Crippen LogP contribution in [-0.4, -0.2) is 77.6 Å². The Hall–Kier alpha value is -5.94. The first-order chi connectivity index (χ1) is 27.9. The minimum Gasteiger partial charge on any atom is -0.465 e. The number of esters is 1. The highest BCUT2D eigenvalue weighted by molar-refractivity contribution is 6.19. The van der Waals surface area contributed by atoms with Crippen molar-refractivity contribution in [3.8, 4) is 0 Å². The van der Waals surface area contributed by atoms with E-state index < -0.39 is 5.60 Å². The average molecular weight is 786 g/mol. The second kappa shape index (κ2) is 19.0. The van der Waals surface area contributed by atoms with Gasteiger partial charge in [-0.05, 0) is 112 Å². The van der Waals surface area contributed by atoms with Gasteiger partial charge in [0.15, 0.2) is 0 Å². The summed E-state index contributed by atoms with van der Waals surface area (Å²) in [5, 5.41) is 6.72. The van der Waals surface area contributed by atoms with Gasteiger partial charge in [-0.15, -0.1) is 0 Å². The molecule has 0 atom stereocenters. The van der Waals surface area contributed by atoms with Gasteiger partial charge >= 0.3 is 12.1 Å². The van der Waals surface area contributed by atoms with Crippen molar-refractivity contribution < 1.29 is 28.7 Å². The maximum Gasteiger partial charge on any atom is 0.410 e. The Labute approximate surface area is 341 Å². The number of fused-ring (bicyclic) bond motifs is 1. The zero-order valence-corrected chi connectivity index (χ0v) is 34.2. The van der Waals surface area contributed by atoms with Crippen LogP contribution in [0.5, 0.6) is 0 Å². The van der Waals surface area contributed by atoms with Gasteiger partial charge in [0.2, 0.25) is 0 Å². The molecule has 3 amide bonds. The van der Waals surface area contributed by atoms with Gasteiger partial charge in [-0.3, -0.25) is 14.5 Å². The third-order valence-electron chi connectivity index (χ3n) is 10.5. The number of amides is 3. The second-order valence-corrected chi connectivity index (χ2v) is 16.1. The summed E-state index contributed by atoms with van der Waals surface area (Å²) < 4.78 is 10.3. The molecule has 11 nitrogen and oxygen atoms in total. The Morgan fingerprint density at radius 1 is 0.759 bits per heavy atom. The molecule has 0 aliphatic heterocycles. The molecule has 6 rings (SSSR count). The van der Waals surface area contributed by atoms with Crippen molar-refractivity contribution >= 4 is 46.3 Å². The quantitative estimate of drug-likeness (QED) is 0.0902. The molecule has 1 aliphatic rings. The van der Waals surface area contributed by atoms with E-state index in [1.165, 1.54) is 20.0 Å². The molecule has 11 heteroatoms. The van der Waals surface area contributed by atoms with Gasteiger partial charge in [-0.2, -0.15) is 0 Å². The van der Waals surface area contributed by atoms with Crippen LogP contribution in [0.4, 0.5) is 16.3 Å². The number of hydrogen-bond donors (Lipinski definition) is 3. The molecule has 304 valence electrons. The van der Waals surface area contributed by atoms with Crippen molar-refractivity contribution in [2.45, 2.75) is 83.9 Å². The first kappa shape index (κ1) is 41.7. The van der Waals surface area contributed by atoms with E-state index in [2.05, 4.69) is 20.5 Å². The number of carbonyl (C=O) groups is 4. The van der Waals surface area contributed by atoms with Crippen molar-refractivity contribution in [2.75, 3.05) is 37.9 Å². The third-order valence-corrected chi connectivity index (χ3v) is 10.5. The fourth-order valence-electron chi connectivity index (χ4n) is 7.44. The number of carbonyl (C=O) groups excluding carboxylic acids is 4. The summed E-state index contributed by atoms with van der Waals surface area (Å²) in [5.74, 6) is -0.692. The summed E-state index contributed by atoms with van der Waals surface area (Å²) in [6, 6.07) is 30.7. The molecular weight excluding hydrogens is 731 g/mol. The minimum absolute atomic E-state index is 0.322. The predicted molar refractivity (Wildman–Crippen MR) is 228 cm³/mol. The van der Waals surface area contributed by atoms with Crippen LogP contribution in [0.25, 0.3) is 10.9 Å². The highest BCUT2D eigenvalue weighted by Gasteiger charge is 2.26. The number of ether oxygens (including phenoxy) is 2. The van der Waals surface area contributed by atoms with Crippen molar-refractivity contribution in [3.63, 3.8) is 0 Å². The van der Waals surface area contributed by atoms with Gasteiger partial charge in [0.05, 0.1) is 18.2 Å². The minimum atomic E-state index is -0.561. The SMILES string of the molecule is COC(=O)c1ccc(CCCc2ccc(NC(=O)c3c(NC(=O)c4cccc(CN(CCN(C)C(=O)OC(C)(C)C)C5CCCC5)c4)[nH]c4ccccc34)cc2)cc1. The van der Waals surface area contributed by atoms with Crippen LogP contribution in [0.2, 0.25) is 0 Å². The molecule has 0 saturated heterocycles. The van der Waals surface area contributed by atoms with Crippen LogP contribution in [-0.2, 0) is 28.9 Å². The number of nitrogens with zero attached hydrogens (tertiary/aromatic N) is 2. The van der Waals surface area contributed by atoms with Gasteiger partial charge < -0.3 is 30.0 Å². The van der Waals surface area contributed by atoms with E-state index in [9.17, 15) is 19.2 Å². The molecule has 0 radical (unpaired) electrons. The van der Waals surface area contributed by atoms with E-state index in [4.69, 9.17) is 9.47 Å². The van der Waals surface area contributed by atoms with E-state index in [0.717, 1.165) is 54.3 Å². The maximum atomic E-state index is 13.9. The first-order valence-electron chi connectivity index (χ1n) is 20.1. The lowest BCUT2D eigenvalue weighted by Gasteiger charge is -2.31. The van der Waals surface area contributed by atoms with Gasteiger partial charge in [0, 0.05) is 54.9 Å². The number of H-pyrrole nitrogens is 1. The zero-order valence-electron chi connectivity index (χ0n) is 34.2. The first-order valence-corrected chi connectivity index (χ1v) is 20.1. The van der Waals surface area contributed by atoms with E-state index in [-0.39, 0.29) is 23.9 Å². The molecule has 4 aromatic carbocycles. The molecule has 58 heavy (non-hydrogen) atoms. The smallest absolute Gasteiger partial charge is 0.410 e. The number of likely N-dealkylation sites (N-methyl/N-ethyl adjacent to an activating group) is 1. The summed E-state index contributed by atoms with van der Waals surface area (Å²) in [7, 11) is 3.14. The van der Waals surface area contributed by atoms with E-state index in [1.807, 2.05) is 99.6 Å². The lowest BCUT2D eigenvalue weighted by molar-refractivity contribution is 0.0271. The van der Waals surface area contributed by atoms with Crippen molar-refractivity contribution in [3.05, 3.63) is 130 Å². The number of anilines is 2. The van der Waals surface area contributed by atoms with Crippen LogP contribution < -0.4 is 10.6 Å². The molecule has 1 aliphatic carbocycles. The number of para-hydroxylation sites is 1. The Balaban J connectivity index is 1.09. The molecule has 1 fully saturated rings. The third kappa shape index (κ3) is 11.1. The van der Waals surface area contributed by atoms with E-state index >= 15 is 0 Å². The van der Waals surface area contributed by atoms with Crippen LogP contribution in [0.3, 0.4) is 0 Å². The number of aromatic nitrogens is 1. The van der Waals surface area contributed by atoms with Gasteiger partial charge in [-0.25, -0.2) is 9.59 Å². The van der Waals surface area contributed by atoms with Gasteiger partial charge in [-0.1, -0.05) is 67.4 Å². The van der Waals surface area contributed by atoms with Crippen molar-refractivity contribution in [2.24, 2.45) is 0 Å². The molecular formula is C47H55N5O6. The summed E-state index contributed by atoms with van der Waals surface area (Å²) in [5.41, 5.74) is 5.47. The summed E-state index contributed by atoms with van der Waals surface area (Å²) in [6.07, 6.45) is 6.86. The topological polar surface area (TPSA) is 133 Å². The molecule has 0 bridgehead atoms. The van der Waals surface area contributed by atoms with E-state index in [0.29, 0.717) is 59.3 Å². The lowest BCUT2D eigenvalue weighted by Crippen LogP contribution is -2.42. The van der Waals surface area contributed by atoms with Crippen molar-refractivity contribution in [1.29, 1.82) is 0 Å². The highest BCUT2D eigenvalue weighted by atomic mass is 16.6. The summed E-state index contributed by atoms with van der Waals surface area (Å²) in [4.78, 5) is 59.4. The Morgan fingerprint density at radius 3 is 2.10 bits per heavy atom. The Bertz CT molecular complexity index is 2200. The number of methoxy groups -OCH3 is 1. The highest BCUT2D eigenvalue weighted by Crippen LogP contribution is 2.29. The molecule has 1 aromatic heterocycles. The molecule has 3 N–H and O–H groups in total. The largest absolute Gasteiger partial charge is 0.465 e. The van der Waals surface area contributed by atoms with Crippen molar-refractivity contribution in [1.82, 2.24) is 14.8 Å². The summed E-state index contributed by atoms with van der Waals surface area (Å²) in [6.45, 7) is 7.44. The van der Waals surface area contributed by atoms with Crippen LogP contribution in [0.1, 0.15) is 101 Å². The summed E-state index contributed by atoms with van der Waals surface area (Å²) >= 11 is 0. The molecule has 1 heterocycles.